The van der Waals surface area contributed by atoms with Gasteiger partial charge in [0, 0.05) is 5.39 Å². The third-order valence-corrected chi connectivity index (χ3v) is 7.04. The van der Waals surface area contributed by atoms with E-state index in [0.717, 1.165) is 21.6 Å². The largest absolute Gasteiger partial charge is 0.457 e. The minimum Gasteiger partial charge on any atom is -0.457 e. The summed E-state index contributed by atoms with van der Waals surface area (Å²) in [5, 5.41) is 5.44. The molecule has 130 valence electrons. The van der Waals surface area contributed by atoms with Gasteiger partial charge in [-0.25, -0.2) is 17.9 Å². The van der Waals surface area contributed by atoms with Crippen LogP contribution in [0.4, 0.5) is 0 Å². The summed E-state index contributed by atoms with van der Waals surface area (Å²) in [6.07, 6.45) is -0.176. The predicted octanol–water partition coefficient (Wildman–Crippen LogP) is 2.74. The number of esters is 1. The lowest BCUT2D eigenvalue weighted by Gasteiger charge is -2.08. The molecule has 0 bridgehead atoms. The van der Waals surface area contributed by atoms with Crippen molar-refractivity contribution < 1.29 is 17.9 Å². The smallest absolute Gasteiger partial charge is 0.348 e. The van der Waals surface area contributed by atoms with E-state index in [1.165, 1.54) is 11.3 Å². The quantitative estimate of drug-likeness (QED) is 0.657. The number of hydrogen-bond acceptors (Lipinski definition) is 6. The maximum atomic E-state index is 12.4. The van der Waals surface area contributed by atoms with Crippen LogP contribution < -0.4 is 0 Å². The highest BCUT2D eigenvalue weighted by Crippen LogP contribution is 2.31. The number of carbonyl (C=O) groups is 1. The zero-order chi connectivity index (χ0) is 17.6. The van der Waals surface area contributed by atoms with Gasteiger partial charge >= 0.3 is 5.97 Å². The molecule has 0 N–H and O–H groups in total. The summed E-state index contributed by atoms with van der Waals surface area (Å²) < 4.78 is 30.2. The van der Waals surface area contributed by atoms with Gasteiger partial charge in [0.2, 0.25) is 0 Å². The zero-order valence-corrected chi connectivity index (χ0v) is 15.1. The first kappa shape index (κ1) is 16.3. The average molecular weight is 376 g/mol. The van der Waals surface area contributed by atoms with Gasteiger partial charge in [-0.3, -0.25) is 0 Å². The molecule has 3 heterocycles. The number of fused-ring (bicyclic) bond motifs is 1. The number of thiophene rings is 1. The Morgan fingerprint density at radius 1 is 1.32 bits per heavy atom. The molecule has 1 fully saturated rings. The first-order valence-corrected chi connectivity index (χ1v) is 10.5. The summed E-state index contributed by atoms with van der Waals surface area (Å²) in [5.74, 6) is -0.470. The van der Waals surface area contributed by atoms with Gasteiger partial charge < -0.3 is 4.74 Å². The second kappa shape index (κ2) is 5.96. The van der Waals surface area contributed by atoms with Crippen molar-refractivity contribution in [2.45, 2.75) is 19.4 Å². The molecule has 1 aliphatic heterocycles. The minimum atomic E-state index is -3.07. The normalized spacial score (nSPS) is 19.3. The lowest BCUT2D eigenvalue weighted by molar-refractivity contribution is 0.0362. The summed E-state index contributed by atoms with van der Waals surface area (Å²) in [5.41, 5.74) is 1.75. The molecule has 3 aromatic rings. The summed E-state index contributed by atoms with van der Waals surface area (Å²) >= 11 is 1.31. The van der Waals surface area contributed by atoms with Crippen LogP contribution in [0.15, 0.2) is 36.4 Å². The van der Waals surface area contributed by atoms with Crippen LogP contribution in [0.3, 0.4) is 0 Å². The molecule has 1 saturated heterocycles. The van der Waals surface area contributed by atoms with Crippen molar-refractivity contribution in [2.24, 2.45) is 0 Å². The fourth-order valence-electron chi connectivity index (χ4n) is 2.96. The number of para-hydroxylation sites is 1. The number of rotatable bonds is 3. The Bertz CT molecular complexity index is 1050. The lowest BCUT2D eigenvalue weighted by Crippen LogP contribution is -2.18. The highest BCUT2D eigenvalue weighted by molar-refractivity contribution is 7.91. The van der Waals surface area contributed by atoms with E-state index in [1.54, 1.807) is 6.07 Å². The molecule has 0 saturated carbocycles. The first-order chi connectivity index (χ1) is 11.9. The van der Waals surface area contributed by atoms with Crippen molar-refractivity contribution in [2.75, 3.05) is 11.5 Å². The van der Waals surface area contributed by atoms with E-state index in [4.69, 9.17) is 4.74 Å². The topological polar surface area (TPSA) is 78.3 Å². The fourth-order valence-corrected chi connectivity index (χ4v) is 5.61. The second-order valence-electron chi connectivity index (χ2n) is 6.09. The van der Waals surface area contributed by atoms with Gasteiger partial charge in [0.05, 0.1) is 22.9 Å². The van der Waals surface area contributed by atoms with Crippen LogP contribution >= 0.6 is 11.3 Å². The van der Waals surface area contributed by atoms with Crippen LogP contribution in [-0.2, 0) is 14.6 Å². The Morgan fingerprint density at radius 2 is 2.08 bits per heavy atom. The molecule has 4 rings (SSSR count). The Kier molecular flexibility index (Phi) is 3.88. The van der Waals surface area contributed by atoms with Crippen LogP contribution in [0.1, 0.15) is 21.8 Å². The SMILES string of the molecule is Cc1nn(-c2ccccc2)c2sc(C(=O)O[C@H]3CCS(=O)(=O)C3)cc12. The van der Waals surface area contributed by atoms with Crippen molar-refractivity contribution in [3.05, 3.63) is 47.0 Å². The van der Waals surface area contributed by atoms with Crippen molar-refractivity contribution in [1.29, 1.82) is 0 Å². The van der Waals surface area contributed by atoms with Gasteiger partial charge in [-0.2, -0.15) is 5.10 Å². The number of hydrogen-bond donors (Lipinski definition) is 0. The van der Waals surface area contributed by atoms with E-state index in [0.29, 0.717) is 11.3 Å². The molecule has 25 heavy (non-hydrogen) atoms. The molecule has 6 nitrogen and oxygen atoms in total. The highest BCUT2D eigenvalue weighted by Gasteiger charge is 2.31. The summed E-state index contributed by atoms with van der Waals surface area (Å²) in [4.78, 5) is 13.7. The molecular formula is C17H16N2O4S2. The Morgan fingerprint density at radius 3 is 2.76 bits per heavy atom. The molecule has 0 amide bonds. The van der Waals surface area contributed by atoms with Gasteiger partial charge in [0.25, 0.3) is 0 Å². The fraction of sp³-hybridized carbons (Fsp3) is 0.294. The third kappa shape index (κ3) is 3.07. The molecule has 0 unspecified atom stereocenters. The molecular weight excluding hydrogens is 360 g/mol. The third-order valence-electron chi connectivity index (χ3n) is 4.21. The number of carbonyl (C=O) groups excluding carboxylic acids is 1. The number of nitrogens with zero attached hydrogens (tertiary/aromatic N) is 2. The first-order valence-electron chi connectivity index (χ1n) is 7.89. The van der Waals surface area contributed by atoms with Gasteiger partial charge in [-0.15, -0.1) is 11.3 Å². The maximum absolute atomic E-state index is 12.4. The second-order valence-corrected chi connectivity index (χ2v) is 9.35. The van der Waals surface area contributed by atoms with Crippen molar-refractivity contribution in [1.82, 2.24) is 9.78 Å². The zero-order valence-electron chi connectivity index (χ0n) is 13.5. The van der Waals surface area contributed by atoms with E-state index in [2.05, 4.69) is 5.10 Å². The van der Waals surface area contributed by atoms with Crippen molar-refractivity contribution in [3.63, 3.8) is 0 Å². The minimum absolute atomic E-state index is 0.0828. The van der Waals surface area contributed by atoms with Crippen molar-refractivity contribution >= 4 is 37.4 Å². The average Bonchev–Trinajstić information content (AvgIpc) is 3.24. The van der Waals surface area contributed by atoms with Crippen LogP contribution in [0.5, 0.6) is 0 Å². The number of benzene rings is 1. The van der Waals surface area contributed by atoms with Gasteiger partial charge in [-0.05, 0) is 31.5 Å². The van der Waals surface area contributed by atoms with Crippen LogP contribution in [0.25, 0.3) is 15.9 Å². The number of ether oxygens (including phenoxy) is 1. The van der Waals surface area contributed by atoms with Crippen LogP contribution in [0, 0.1) is 6.92 Å². The van der Waals surface area contributed by atoms with Crippen molar-refractivity contribution in [3.8, 4) is 5.69 Å². The molecule has 1 aromatic carbocycles. The van der Waals surface area contributed by atoms with E-state index in [1.807, 2.05) is 41.9 Å². The summed E-state index contributed by atoms with van der Waals surface area (Å²) in [7, 11) is -3.07. The Balaban J connectivity index is 1.64. The molecule has 8 heteroatoms. The predicted molar refractivity (Wildman–Crippen MR) is 96.2 cm³/mol. The molecule has 0 radical (unpaired) electrons. The standard InChI is InChI=1S/C17H16N2O4S2/c1-11-14-9-15(17(20)23-13-7-8-25(21,22)10-13)24-16(14)19(18-11)12-5-3-2-4-6-12/h2-6,9,13H,7-8,10H2,1H3/t13-/m0/s1. The number of aryl methyl sites for hydroxylation is 1. The molecule has 1 aliphatic rings. The Hall–Kier alpha value is -2.19. The van der Waals surface area contributed by atoms with E-state index >= 15 is 0 Å². The summed E-state index contributed by atoms with van der Waals surface area (Å²) in [6.45, 7) is 1.90. The van der Waals surface area contributed by atoms with Gasteiger partial charge in [0.1, 0.15) is 15.8 Å². The Labute approximate surface area is 149 Å². The number of sulfone groups is 1. The van der Waals surface area contributed by atoms with E-state index < -0.39 is 21.9 Å². The van der Waals surface area contributed by atoms with Gasteiger partial charge in [-0.1, -0.05) is 18.2 Å². The molecule has 2 aromatic heterocycles. The monoisotopic (exact) mass is 376 g/mol. The molecule has 1 atom stereocenters. The van der Waals surface area contributed by atoms with E-state index in [9.17, 15) is 13.2 Å². The van der Waals surface area contributed by atoms with Crippen LogP contribution in [0.2, 0.25) is 0 Å². The highest BCUT2D eigenvalue weighted by atomic mass is 32.2. The number of aromatic nitrogens is 2. The maximum Gasteiger partial charge on any atom is 0.348 e. The molecule has 0 aliphatic carbocycles. The van der Waals surface area contributed by atoms with Crippen LogP contribution in [-0.4, -0.2) is 41.8 Å². The van der Waals surface area contributed by atoms with E-state index in [-0.39, 0.29) is 11.5 Å². The van der Waals surface area contributed by atoms with Gasteiger partial charge in [0.15, 0.2) is 9.84 Å². The molecule has 0 spiro atoms. The summed E-state index contributed by atoms with van der Waals surface area (Å²) in [6, 6.07) is 11.5. The lowest BCUT2D eigenvalue weighted by atomic mass is 10.3.